The third-order valence-electron chi connectivity index (χ3n) is 2.90. The van der Waals surface area contributed by atoms with Gasteiger partial charge in [-0.1, -0.05) is 59.3 Å². The minimum atomic E-state index is 0. The fraction of sp³-hybridized carbons (Fsp3) is 1.00. The molecule has 0 spiro atoms. The second-order valence-electron chi connectivity index (χ2n) is 4.29. The van der Waals surface area contributed by atoms with Crippen LogP contribution in [0.3, 0.4) is 0 Å². The van der Waals surface area contributed by atoms with Gasteiger partial charge in [0.1, 0.15) is 0 Å². The predicted molar refractivity (Wildman–Crippen MR) is 64.9 cm³/mol. The van der Waals surface area contributed by atoms with Crippen LogP contribution in [-0.4, -0.2) is 6.71 Å². The summed E-state index contributed by atoms with van der Waals surface area (Å²) in [7, 11) is 0. The molecule has 0 aromatic rings. The van der Waals surface area contributed by atoms with E-state index < -0.39 is 0 Å². The van der Waals surface area contributed by atoms with Crippen LogP contribution in [0.4, 0.5) is 0 Å². The van der Waals surface area contributed by atoms with Crippen LogP contribution in [0.5, 0.6) is 0 Å². The quantitative estimate of drug-likeness (QED) is 0.521. The van der Waals surface area contributed by atoms with E-state index in [0.29, 0.717) is 0 Å². The fourth-order valence-corrected chi connectivity index (χ4v) is 1.91. The van der Waals surface area contributed by atoms with E-state index in [9.17, 15) is 0 Å². The van der Waals surface area contributed by atoms with Crippen LogP contribution in [0.25, 0.3) is 0 Å². The molecule has 0 atom stereocenters. The standard InChI is InChI=1S/C12H27B.K/c1-4-7-10-13(11-8-5-2)12-9-6-3;/h4-12H2,1-3H3;/q-1;+1. The van der Waals surface area contributed by atoms with Crippen molar-refractivity contribution in [2.75, 3.05) is 0 Å². The Bertz CT molecular complexity index is 77.3. The zero-order chi connectivity index (χ0) is 9.94. The molecular weight excluding hydrogens is 194 g/mol. The molecule has 0 unspecified atom stereocenters. The third kappa shape index (κ3) is 11.8. The van der Waals surface area contributed by atoms with Gasteiger partial charge in [-0.25, -0.2) is 19.0 Å². The average molecular weight is 221 g/mol. The van der Waals surface area contributed by atoms with Crippen molar-refractivity contribution in [2.45, 2.75) is 78.3 Å². The van der Waals surface area contributed by atoms with E-state index >= 15 is 0 Å². The third-order valence-corrected chi connectivity index (χ3v) is 2.90. The minimum Gasteiger partial charge on any atom is -0.208 e. The van der Waals surface area contributed by atoms with Crippen LogP contribution in [0.1, 0.15) is 59.3 Å². The normalized spacial score (nSPS) is 10.3. The average Bonchev–Trinajstić information content (AvgIpc) is 2.17. The predicted octanol–water partition coefficient (Wildman–Crippen LogP) is 1.89. The molecule has 0 amide bonds. The molecule has 0 bridgehead atoms. The smallest absolute Gasteiger partial charge is 0.208 e. The Morgan fingerprint density at radius 3 is 1.14 bits per heavy atom. The largest absolute Gasteiger partial charge is 1.00 e. The molecule has 0 N–H and O–H groups in total. The molecule has 0 fully saturated rings. The number of unbranched alkanes of at least 4 members (excludes halogenated alkanes) is 3. The summed E-state index contributed by atoms with van der Waals surface area (Å²) in [4.78, 5) is 0. The van der Waals surface area contributed by atoms with Crippen molar-refractivity contribution in [1.82, 2.24) is 0 Å². The molecular formula is C12H27BK. The van der Waals surface area contributed by atoms with Gasteiger partial charge in [-0.15, -0.1) is 6.71 Å². The molecule has 0 aliphatic carbocycles. The second kappa shape index (κ2) is 14.7. The van der Waals surface area contributed by atoms with Gasteiger partial charge in [0.15, 0.2) is 0 Å². The molecule has 14 heavy (non-hydrogen) atoms. The number of hydrogen-bond donors (Lipinski definition) is 0. The van der Waals surface area contributed by atoms with Crippen molar-refractivity contribution in [3.8, 4) is 0 Å². The minimum absolute atomic E-state index is 0. The Balaban J connectivity index is 0. The summed E-state index contributed by atoms with van der Waals surface area (Å²) in [5, 5.41) is 0. The van der Waals surface area contributed by atoms with Gasteiger partial charge in [-0.05, 0) is 0 Å². The van der Waals surface area contributed by atoms with E-state index in [1.54, 1.807) is 0 Å². The number of hydrogen-bond acceptors (Lipinski definition) is 0. The summed E-state index contributed by atoms with van der Waals surface area (Å²) in [6, 6.07) is 0. The summed E-state index contributed by atoms with van der Waals surface area (Å²) in [6.45, 7) is 7.95. The molecule has 1 radical (unpaired) electrons. The maximum atomic E-state index is 2.30. The van der Waals surface area contributed by atoms with Crippen molar-refractivity contribution in [1.29, 1.82) is 0 Å². The van der Waals surface area contributed by atoms with E-state index in [1.165, 1.54) is 57.5 Å². The van der Waals surface area contributed by atoms with Gasteiger partial charge in [-0.2, -0.15) is 0 Å². The van der Waals surface area contributed by atoms with Crippen LogP contribution in [0.15, 0.2) is 0 Å². The van der Waals surface area contributed by atoms with Gasteiger partial charge < -0.3 is 0 Å². The first kappa shape index (κ1) is 18.1. The first-order chi connectivity index (χ1) is 6.35. The molecule has 0 heterocycles. The topological polar surface area (TPSA) is 0 Å². The zero-order valence-corrected chi connectivity index (χ0v) is 14.1. The molecule has 0 aromatic heterocycles. The first-order valence-corrected chi connectivity index (χ1v) is 6.35. The van der Waals surface area contributed by atoms with E-state index in [1.807, 2.05) is 0 Å². The molecule has 0 aliphatic heterocycles. The molecule has 0 saturated carbocycles. The Hall–Kier alpha value is 1.70. The van der Waals surface area contributed by atoms with Gasteiger partial charge in [-0.3, -0.25) is 0 Å². The first-order valence-electron chi connectivity index (χ1n) is 6.35. The van der Waals surface area contributed by atoms with Crippen molar-refractivity contribution in [3.05, 3.63) is 0 Å². The van der Waals surface area contributed by atoms with E-state index in [-0.39, 0.29) is 51.4 Å². The second-order valence-corrected chi connectivity index (χ2v) is 4.29. The van der Waals surface area contributed by atoms with Crippen molar-refractivity contribution in [2.24, 2.45) is 0 Å². The molecule has 79 valence electrons. The molecule has 0 nitrogen and oxygen atoms in total. The Labute approximate surface area is 134 Å². The van der Waals surface area contributed by atoms with Gasteiger partial charge in [0.25, 0.3) is 0 Å². The monoisotopic (exact) mass is 221 g/mol. The Morgan fingerprint density at radius 2 is 0.929 bits per heavy atom. The van der Waals surface area contributed by atoms with Crippen LogP contribution < -0.4 is 51.4 Å². The van der Waals surface area contributed by atoms with Crippen LogP contribution in [0, 0.1) is 0 Å². The van der Waals surface area contributed by atoms with Gasteiger partial charge in [0, 0.05) is 0 Å². The van der Waals surface area contributed by atoms with E-state index in [0.717, 1.165) is 6.71 Å². The summed E-state index contributed by atoms with van der Waals surface area (Å²) in [5.74, 6) is 0. The fourth-order valence-electron chi connectivity index (χ4n) is 1.91. The van der Waals surface area contributed by atoms with E-state index in [4.69, 9.17) is 0 Å². The Morgan fingerprint density at radius 1 is 0.643 bits per heavy atom. The van der Waals surface area contributed by atoms with Crippen molar-refractivity contribution < 1.29 is 51.4 Å². The summed E-state index contributed by atoms with van der Waals surface area (Å²) in [5.41, 5.74) is 0. The number of rotatable bonds is 9. The van der Waals surface area contributed by atoms with Crippen molar-refractivity contribution in [3.63, 3.8) is 0 Å². The van der Waals surface area contributed by atoms with Gasteiger partial charge in [0.05, 0.1) is 0 Å². The maximum absolute atomic E-state index is 2.30. The molecule has 0 aliphatic rings. The maximum Gasteiger partial charge on any atom is 1.00 e. The summed E-state index contributed by atoms with van der Waals surface area (Å²) >= 11 is 0. The molecule has 0 aromatic carbocycles. The van der Waals surface area contributed by atoms with Gasteiger partial charge >= 0.3 is 51.4 Å². The van der Waals surface area contributed by atoms with Crippen LogP contribution in [-0.2, 0) is 0 Å². The zero-order valence-electron chi connectivity index (χ0n) is 10.9. The molecule has 0 rings (SSSR count). The molecule has 0 saturated heterocycles. The van der Waals surface area contributed by atoms with E-state index in [2.05, 4.69) is 20.8 Å². The van der Waals surface area contributed by atoms with Crippen LogP contribution >= 0.6 is 0 Å². The summed E-state index contributed by atoms with van der Waals surface area (Å²) < 4.78 is 0. The van der Waals surface area contributed by atoms with Crippen LogP contribution in [0.2, 0.25) is 19.0 Å². The molecule has 2 heteroatoms. The Kier molecular flexibility index (Phi) is 19.0. The SMILES string of the molecule is CCCC[B-](CCCC)CCCC.[K+]. The van der Waals surface area contributed by atoms with Crippen molar-refractivity contribution >= 4 is 6.71 Å². The van der Waals surface area contributed by atoms with Gasteiger partial charge in [0.2, 0.25) is 0 Å². The summed E-state index contributed by atoms with van der Waals surface area (Å²) in [6.07, 6.45) is 12.9.